The highest BCUT2D eigenvalue weighted by Crippen LogP contribution is 2.33. The van der Waals surface area contributed by atoms with Gasteiger partial charge >= 0.3 is 0 Å². The maximum Gasteiger partial charge on any atom is 0.115 e. The summed E-state index contributed by atoms with van der Waals surface area (Å²) in [6, 6.07) is 10.8. The van der Waals surface area contributed by atoms with Crippen LogP contribution in [0.3, 0.4) is 0 Å². The van der Waals surface area contributed by atoms with Gasteiger partial charge in [0.05, 0.1) is 0 Å². The summed E-state index contributed by atoms with van der Waals surface area (Å²) in [6.45, 7) is 2.24. The predicted molar refractivity (Wildman–Crippen MR) is 84.4 cm³/mol. The summed E-state index contributed by atoms with van der Waals surface area (Å²) in [7, 11) is 0. The first-order chi connectivity index (χ1) is 9.72. The fourth-order valence-electron chi connectivity index (χ4n) is 3.05. The number of aryl methyl sites for hydroxylation is 1. The van der Waals surface area contributed by atoms with Crippen LogP contribution in [-0.4, -0.2) is 11.1 Å². The fourth-order valence-corrected chi connectivity index (χ4v) is 4.03. The smallest absolute Gasteiger partial charge is 0.115 e. The van der Waals surface area contributed by atoms with Crippen LogP contribution in [0.1, 0.15) is 41.8 Å². The van der Waals surface area contributed by atoms with Crippen LogP contribution in [-0.2, 0) is 12.8 Å². The molecule has 2 unspecified atom stereocenters. The molecular weight excluding hydrogens is 266 g/mol. The van der Waals surface area contributed by atoms with Gasteiger partial charge in [-0.25, -0.2) is 0 Å². The van der Waals surface area contributed by atoms with Gasteiger partial charge in [0.25, 0.3) is 0 Å². The van der Waals surface area contributed by atoms with E-state index in [-0.39, 0.29) is 0 Å². The van der Waals surface area contributed by atoms with Crippen molar-refractivity contribution in [3.05, 3.63) is 51.7 Å². The monoisotopic (exact) mass is 287 g/mol. The zero-order chi connectivity index (χ0) is 13.9. The van der Waals surface area contributed by atoms with Crippen molar-refractivity contribution in [3.8, 4) is 5.75 Å². The zero-order valence-electron chi connectivity index (χ0n) is 11.8. The lowest BCUT2D eigenvalue weighted by Gasteiger charge is -2.27. The van der Waals surface area contributed by atoms with Gasteiger partial charge in [-0.05, 0) is 67.3 Å². The van der Waals surface area contributed by atoms with Crippen molar-refractivity contribution in [2.45, 2.75) is 44.7 Å². The van der Waals surface area contributed by atoms with E-state index in [2.05, 4.69) is 23.7 Å². The van der Waals surface area contributed by atoms with Gasteiger partial charge in [-0.2, -0.15) is 0 Å². The van der Waals surface area contributed by atoms with Crippen LogP contribution in [0.25, 0.3) is 0 Å². The maximum absolute atomic E-state index is 9.32. The highest BCUT2D eigenvalue weighted by atomic mass is 32.1. The van der Waals surface area contributed by atoms with Crippen LogP contribution in [0.15, 0.2) is 35.7 Å². The molecule has 1 aromatic heterocycles. The highest BCUT2D eigenvalue weighted by Gasteiger charge is 2.22. The summed E-state index contributed by atoms with van der Waals surface area (Å²) >= 11 is 1.89. The van der Waals surface area contributed by atoms with Gasteiger partial charge in [0.1, 0.15) is 5.75 Å². The van der Waals surface area contributed by atoms with Crippen molar-refractivity contribution < 1.29 is 5.11 Å². The van der Waals surface area contributed by atoms with Gasteiger partial charge < -0.3 is 10.4 Å². The minimum Gasteiger partial charge on any atom is -0.508 e. The predicted octanol–water partition coefficient (Wildman–Crippen LogP) is 4.05. The molecule has 20 heavy (non-hydrogen) atoms. The van der Waals surface area contributed by atoms with Gasteiger partial charge in [-0.15, -0.1) is 11.3 Å². The molecular formula is C17H21NOS. The minimum atomic E-state index is 0.338. The highest BCUT2D eigenvalue weighted by molar-refractivity contribution is 7.10. The van der Waals surface area contributed by atoms with Crippen molar-refractivity contribution in [2.24, 2.45) is 0 Å². The Hall–Kier alpha value is -1.32. The SMILES string of the molecule is CC(Cc1ccc(O)cc1)NC1CCCc2sccc21. The molecule has 1 aliphatic rings. The number of fused-ring (bicyclic) bond motifs is 1. The van der Waals surface area contributed by atoms with Crippen molar-refractivity contribution in [1.29, 1.82) is 0 Å². The number of aromatic hydroxyl groups is 1. The van der Waals surface area contributed by atoms with Crippen LogP contribution in [0.5, 0.6) is 5.75 Å². The summed E-state index contributed by atoms with van der Waals surface area (Å²) < 4.78 is 0. The number of benzene rings is 1. The number of phenolic OH excluding ortho intramolecular Hbond substituents is 1. The van der Waals surface area contributed by atoms with Gasteiger partial charge in [0.15, 0.2) is 0 Å². The molecule has 3 rings (SSSR count). The van der Waals surface area contributed by atoms with Gasteiger partial charge in [-0.1, -0.05) is 12.1 Å². The largest absolute Gasteiger partial charge is 0.508 e. The van der Waals surface area contributed by atoms with Crippen molar-refractivity contribution in [3.63, 3.8) is 0 Å². The molecule has 0 aliphatic heterocycles. The molecule has 2 nitrogen and oxygen atoms in total. The van der Waals surface area contributed by atoms with E-state index in [0.29, 0.717) is 17.8 Å². The number of phenols is 1. The van der Waals surface area contributed by atoms with Crippen LogP contribution >= 0.6 is 11.3 Å². The quantitative estimate of drug-likeness (QED) is 0.889. The molecule has 2 aromatic rings. The van der Waals surface area contributed by atoms with Crippen molar-refractivity contribution in [1.82, 2.24) is 5.32 Å². The van der Waals surface area contributed by atoms with Gasteiger partial charge in [-0.3, -0.25) is 0 Å². The Bertz CT molecular complexity index is 561. The average Bonchev–Trinajstić information content (AvgIpc) is 2.91. The Kier molecular flexibility index (Phi) is 4.08. The number of thiophene rings is 1. The molecule has 3 heteroatoms. The molecule has 0 bridgehead atoms. The summed E-state index contributed by atoms with van der Waals surface area (Å²) in [4.78, 5) is 1.56. The Morgan fingerprint density at radius 2 is 2.10 bits per heavy atom. The molecule has 2 atom stereocenters. The number of rotatable bonds is 4. The third-order valence-corrected chi connectivity index (χ3v) is 5.01. The molecule has 1 aromatic carbocycles. The van der Waals surface area contributed by atoms with E-state index < -0.39 is 0 Å². The lowest BCUT2D eigenvalue weighted by molar-refractivity contribution is 0.409. The standard InChI is InChI=1S/C17H21NOS/c1-12(11-13-5-7-14(19)8-6-13)18-16-3-2-4-17-15(16)9-10-20-17/h5-10,12,16,18-19H,2-4,11H2,1H3. The Labute approximate surface area is 124 Å². The Morgan fingerprint density at radius 3 is 2.90 bits per heavy atom. The third-order valence-electron chi connectivity index (χ3n) is 4.02. The molecule has 1 heterocycles. The van der Waals surface area contributed by atoms with Gasteiger partial charge in [0, 0.05) is 17.0 Å². The lowest BCUT2D eigenvalue weighted by atomic mass is 9.93. The minimum absolute atomic E-state index is 0.338. The summed E-state index contributed by atoms with van der Waals surface area (Å²) in [5.74, 6) is 0.338. The maximum atomic E-state index is 9.32. The topological polar surface area (TPSA) is 32.3 Å². The molecule has 2 N–H and O–H groups in total. The van der Waals surface area contributed by atoms with E-state index in [9.17, 15) is 5.11 Å². The van der Waals surface area contributed by atoms with Crippen molar-refractivity contribution >= 4 is 11.3 Å². The van der Waals surface area contributed by atoms with E-state index in [1.807, 2.05) is 23.5 Å². The molecule has 1 aliphatic carbocycles. The lowest BCUT2D eigenvalue weighted by Crippen LogP contribution is -2.33. The van der Waals surface area contributed by atoms with Crippen molar-refractivity contribution in [2.75, 3.05) is 0 Å². The average molecular weight is 287 g/mol. The Balaban J connectivity index is 1.62. The van der Waals surface area contributed by atoms with Gasteiger partial charge in [0.2, 0.25) is 0 Å². The Morgan fingerprint density at radius 1 is 1.30 bits per heavy atom. The van der Waals surface area contributed by atoms with E-state index in [1.165, 1.54) is 30.4 Å². The first-order valence-corrected chi connectivity index (χ1v) is 8.20. The second-order valence-corrected chi connectivity index (χ2v) is 6.68. The third kappa shape index (κ3) is 3.05. The van der Waals surface area contributed by atoms with Crippen LogP contribution < -0.4 is 5.32 Å². The van der Waals surface area contributed by atoms with E-state index in [0.717, 1.165) is 6.42 Å². The molecule has 106 valence electrons. The van der Waals surface area contributed by atoms with E-state index >= 15 is 0 Å². The first kappa shape index (κ1) is 13.7. The zero-order valence-corrected chi connectivity index (χ0v) is 12.6. The second kappa shape index (κ2) is 5.98. The summed E-state index contributed by atoms with van der Waals surface area (Å²) in [5, 5.41) is 15.3. The molecule has 0 saturated heterocycles. The number of hydrogen-bond acceptors (Lipinski definition) is 3. The first-order valence-electron chi connectivity index (χ1n) is 7.32. The number of nitrogens with one attached hydrogen (secondary N) is 1. The van der Waals surface area contributed by atoms with E-state index in [1.54, 1.807) is 17.0 Å². The van der Waals surface area contributed by atoms with E-state index in [4.69, 9.17) is 0 Å². The molecule has 0 spiro atoms. The molecule has 0 saturated carbocycles. The molecule has 0 fully saturated rings. The molecule has 0 radical (unpaired) electrons. The summed E-state index contributed by atoms with van der Waals surface area (Å²) in [5.41, 5.74) is 2.78. The normalized spacial score (nSPS) is 19.6. The molecule has 0 amide bonds. The van der Waals surface area contributed by atoms with Crippen LogP contribution in [0, 0.1) is 0 Å². The second-order valence-electron chi connectivity index (χ2n) is 5.68. The fraction of sp³-hybridized carbons (Fsp3) is 0.412. The summed E-state index contributed by atoms with van der Waals surface area (Å²) in [6.07, 6.45) is 4.77. The number of hydrogen-bond donors (Lipinski definition) is 2. The van der Waals surface area contributed by atoms with Crippen LogP contribution in [0.2, 0.25) is 0 Å². The van der Waals surface area contributed by atoms with Crippen LogP contribution in [0.4, 0.5) is 0 Å².